The fourth-order valence-corrected chi connectivity index (χ4v) is 3.25. The number of aliphatic hydroxyl groups is 1. The summed E-state index contributed by atoms with van der Waals surface area (Å²) in [6.07, 6.45) is 4.96. The highest BCUT2D eigenvalue weighted by Gasteiger charge is 2.20. The van der Waals surface area contributed by atoms with Gasteiger partial charge in [-0.25, -0.2) is 9.37 Å². The molecule has 0 fully saturated rings. The zero-order valence-corrected chi connectivity index (χ0v) is 18.1. The van der Waals surface area contributed by atoms with E-state index in [0.29, 0.717) is 0 Å². The van der Waals surface area contributed by atoms with Gasteiger partial charge in [-0.1, -0.05) is 37.6 Å². The van der Waals surface area contributed by atoms with E-state index in [0.717, 1.165) is 30.0 Å². The number of benzene rings is 2. The van der Waals surface area contributed by atoms with E-state index in [1.165, 1.54) is 17.7 Å². The van der Waals surface area contributed by atoms with Gasteiger partial charge in [0.1, 0.15) is 30.1 Å². The number of hydrogen-bond acceptors (Lipinski definition) is 4. The highest BCUT2D eigenvalue weighted by Crippen LogP contribution is 2.21. The first-order valence-electron chi connectivity index (χ1n) is 9.92. The third kappa shape index (κ3) is 6.55. The van der Waals surface area contributed by atoms with Gasteiger partial charge in [0, 0.05) is 26.0 Å². The Morgan fingerprint density at radius 1 is 1.20 bits per heavy atom. The lowest BCUT2D eigenvalue weighted by molar-refractivity contribution is 0.104. The van der Waals surface area contributed by atoms with Gasteiger partial charge in [0.2, 0.25) is 0 Å². The maximum Gasteiger partial charge on any atom is 0.130 e. The van der Waals surface area contributed by atoms with Gasteiger partial charge < -0.3 is 19.7 Å². The molecule has 0 spiro atoms. The van der Waals surface area contributed by atoms with Crippen LogP contribution in [0.1, 0.15) is 36.3 Å². The summed E-state index contributed by atoms with van der Waals surface area (Å²) in [5, 5.41) is 13.7. The Morgan fingerprint density at radius 2 is 1.97 bits per heavy atom. The van der Waals surface area contributed by atoms with Crippen LogP contribution in [-0.4, -0.2) is 33.9 Å². The fourth-order valence-electron chi connectivity index (χ4n) is 3.25. The molecule has 2 unspecified atom stereocenters. The van der Waals surface area contributed by atoms with E-state index in [-0.39, 0.29) is 37.4 Å². The molecule has 0 aliphatic rings. The van der Waals surface area contributed by atoms with Gasteiger partial charge in [0.05, 0.1) is 6.04 Å². The van der Waals surface area contributed by atoms with Crippen molar-refractivity contribution < 1.29 is 14.2 Å². The number of nitrogens with one attached hydrogen (secondary N) is 1. The Kier molecular flexibility index (Phi) is 9.30. The van der Waals surface area contributed by atoms with Crippen molar-refractivity contribution in [1.29, 1.82) is 0 Å². The van der Waals surface area contributed by atoms with Crippen molar-refractivity contribution in [2.45, 2.75) is 31.9 Å². The molecule has 0 amide bonds. The van der Waals surface area contributed by atoms with Crippen LogP contribution < -0.4 is 10.1 Å². The third-order valence-electron chi connectivity index (χ3n) is 4.76. The summed E-state index contributed by atoms with van der Waals surface area (Å²) in [6, 6.07) is 14.0. The van der Waals surface area contributed by atoms with Crippen molar-refractivity contribution in [3.63, 3.8) is 0 Å². The van der Waals surface area contributed by atoms with Crippen LogP contribution in [0.2, 0.25) is 0 Å². The Hall–Kier alpha value is -2.41. The second-order valence-corrected chi connectivity index (χ2v) is 7.15. The molecule has 162 valence electrons. The molecule has 0 aliphatic heterocycles. The maximum absolute atomic E-state index is 13.7. The largest absolute Gasteiger partial charge is 0.491 e. The van der Waals surface area contributed by atoms with Crippen LogP contribution in [0.25, 0.3) is 0 Å². The van der Waals surface area contributed by atoms with Crippen molar-refractivity contribution in [1.82, 2.24) is 14.9 Å². The highest BCUT2D eigenvalue weighted by atomic mass is 35.5. The van der Waals surface area contributed by atoms with Crippen molar-refractivity contribution in [3.05, 3.63) is 83.7 Å². The molecule has 2 aromatic carbocycles. The monoisotopic (exact) mass is 433 g/mol. The van der Waals surface area contributed by atoms with Gasteiger partial charge in [-0.2, -0.15) is 0 Å². The molecule has 3 aromatic rings. The van der Waals surface area contributed by atoms with Crippen molar-refractivity contribution in [2.75, 3.05) is 13.2 Å². The fraction of sp³-hybridized carbons (Fsp3) is 0.348. The maximum atomic E-state index is 13.7. The molecule has 30 heavy (non-hydrogen) atoms. The Morgan fingerprint density at radius 3 is 2.60 bits per heavy atom. The van der Waals surface area contributed by atoms with Crippen LogP contribution >= 0.6 is 12.4 Å². The highest BCUT2D eigenvalue weighted by molar-refractivity contribution is 5.85. The molecule has 0 aliphatic carbocycles. The SMILES string of the molecule is CCCc1ccc(OCC(O)CNC(c2cccc(F)c2)c2nccn2C)cc1.Cl. The van der Waals surface area contributed by atoms with Gasteiger partial charge in [0.25, 0.3) is 0 Å². The van der Waals surface area contributed by atoms with Crippen LogP contribution in [0, 0.1) is 5.82 Å². The number of hydrogen-bond donors (Lipinski definition) is 2. The molecule has 1 heterocycles. The lowest BCUT2D eigenvalue weighted by Gasteiger charge is -2.21. The zero-order chi connectivity index (χ0) is 20.6. The normalized spacial score (nSPS) is 12.8. The molecular formula is C23H29ClFN3O2. The number of halogens is 2. The molecule has 0 saturated carbocycles. The van der Waals surface area contributed by atoms with E-state index >= 15 is 0 Å². The van der Waals surface area contributed by atoms with Gasteiger partial charge in [-0.3, -0.25) is 0 Å². The summed E-state index contributed by atoms with van der Waals surface area (Å²) in [4.78, 5) is 4.38. The Bertz CT molecular complexity index is 901. The Labute approximate surface area is 183 Å². The predicted octanol–water partition coefficient (Wildman–Crippen LogP) is 4.05. The van der Waals surface area contributed by atoms with Crippen LogP contribution in [0.3, 0.4) is 0 Å². The quantitative estimate of drug-likeness (QED) is 0.506. The van der Waals surface area contributed by atoms with E-state index in [4.69, 9.17) is 4.74 Å². The lowest BCUT2D eigenvalue weighted by Crippen LogP contribution is -2.35. The van der Waals surface area contributed by atoms with Crippen molar-refractivity contribution >= 4 is 12.4 Å². The summed E-state index contributed by atoms with van der Waals surface area (Å²) in [5.74, 6) is 1.17. The van der Waals surface area contributed by atoms with Crippen LogP contribution in [0.5, 0.6) is 5.75 Å². The molecule has 3 rings (SSSR count). The Balaban J connectivity index is 0.00000320. The molecular weight excluding hydrogens is 405 g/mol. The smallest absolute Gasteiger partial charge is 0.130 e. The number of ether oxygens (including phenoxy) is 1. The zero-order valence-electron chi connectivity index (χ0n) is 17.3. The molecule has 2 N–H and O–H groups in total. The van der Waals surface area contributed by atoms with Crippen LogP contribution in [0.4, 0.5) is 4.39 Å². The van der Waals surface area contributed by atoms with E-state index in [1.807, 2.05) is 48.1 Å². The molecule has 5 nitrogen and oxygen atoms in total. The molecule has 0 radical (unpaired) electrons. The summed E-state index contributed by atoms with van der Waals surface area (Å²) in [7, 11) is 1.89. The first-order valence-corrected chi connectivity index (χ1v) is 9.92. The second-order valence-electron chi connectivity index (χ2n) is 7.15. The number of aliphatic hydroxyl groups excluding tert-OH is 1. The number of aryl methyl sites for hydroxylation is 2. The molecule has 0 bridgehead atoms. The minimum Gasteiger partial charge on any atom is -0.491 e. The summed E-state index contributed by atoms with van der Waals surface area (Å²) < 4.78 is 21.3. The number of nitrogens with zero attached hydrogens (tertiary/aromatic N) is 2. The van der Waals surface area contributed by atoms with E-state index in [1.54, 1.807) is 12.3 Å². The van der Waals surface area contributed by atoms with Gasteiger partial charge in [-0.05, 0) is 41.8 Å². The average molecular weight is 434 g/mol. The minimum atomic E-state index is -0.721. The molecule has 7 heteroatoms. The van der Waals surface area contributed by atoms with Gasteiger partial charge >= 0.3 is 0 Å². The van der Waals surface area contributed by atoms with Crippen molar-refractivity contribution in [2.24, 2.45) is 7.05 Å². The molecule has 1 aromatic heterocycles. The van der Waals surface area contributed by atoms with Crippen molar-refractivity contribution in [3.8, 4) is 5.75 Å². The van der Waals surface area contributed by atoms with Gasteiger partial charge in [0.15, 0.2) is 0 Å². The number of rotatable bonds is 10. The van der Waals surface area contributed by atoms with E-state index in [9.17, 15) is 9.50 Å². The van der Waals surface area contributed by atoms with Crippen LogP contribution in [0.15, 0.2) is 60.9 Å². The molecule has 0 saturated heterocycles. The topological polar surface area (TPSA) is 59.3 Å². The predicted molar refractivity (Wildman–Crippen MR) is 119 cm³/mol. The average Bonchev–Trinajstić information content (AvgIpc) is 3.14. The second kappa shape index (κ2) is 11.7. The standard InChI is InChI=1S/C23H28FN3O2.ClH/c1-3-5-17-8-10-21(11-9-17)29-16-20(28)15-26-22(23-25-12-13-27(23)2)18-6-4-7-19(24)14-18;/h4,6-14,20,22,26,28H,3,5,15-16H2,1-2H3;1H. The van der Waals surface area contributed by atoms with Gasteiger partial charge in [-0.15, -0.1) is 12.4 Å². The van der Waals surface area contributed by atoms with Crippen LogP contribution in [-0.2, 0) is 13.5 Å². The summed E-state index contributed by atoms with van der Waals surface area (Å²) >= 11 is 0. The first-order chi connectivity index (χ1) is 14.1. The lowest BCUT2D eigenvalue weighted by atomic mass is 10.1. The van der Waals surface area contributed by atoms with E-state index in [2.05, 4.69) is 17.2 Å². The van der Waals surface area contributed by atoms with E-state index < -0.39 is 6.10 Å². The number of imidazole rings is 1. The summed E-state index contributed by atoms with van der Waals surface area (Å²) in [5.41, 5.74) is 2.02. The third-order valence-corrected chi connectivity index (χ3v) is 4.76. The minimum absolute atomic E-state index is 0. The summed E-state index contributed by atoms with van der Waals surface area (Å²) in [6.45, 7) is 2.59. The first kappa shape index (κ1) is 23.9. The molecule has 2 atom stereocenters. The number of aromatic nitrogens is 2.